The summed E-state index contributed by atoms with van der Waals surface area (Å²) < 4.78 is 0. The molecule has 0 radical (unpaired) electrons. The maximum Gasteiger partial charge on any atom is 0.250 e. The molecule has 2 heterocycles. The standard InChI is InChI=1S/C17H16N4O/c1-10-3-5-12(6-4-10)15-9-20-21-16(15)14-7-13(17(18)22)8-19-11(14)2/h3-9H,1-2H3,(H2,18,22)(H,20,21). The van der Waals surface area contributed by atoms with Gasteiger partial charge in [-0.15, -0.1) is 0 Å². The summed E-state index contributed by atoms with van der Waals surface area (Å²) in [7, 11) is 0. The first kappa shape index (κ1) is 14.0. The first-order chi connectivity index (χ1) is 10.6. The summed E-state index contributed by atoms with van der Waals surface area (Å²) in [6.45, 7) is 3.93. The van der Waals surface area contributed by atoms with Crippen LogP contribution in [0.4, 0.5) is 0 Å². The Morgan fingerprint density at radius 3 is 2.50 bits per heavy atom. The Morgan fingerprint density at radius 1 is 1.09 bits per heavy atom. The molecule has 3 aromatic rings. The highest BCUT2D eigenvalue weighted by molar-refractivity contribution is 5.94. The number of primary amides is 1. The fraction of sp³-hybridized carbons (Fsp3) is 0.118. The molecule has 0 fully saturated rings. The molecule has 22 heavy (non-hydrogen) atoms. The highest BCUT2D eigenvalue weighted by Gasteiger charge is 2.14. The number of aromatic amines is 1. The van der Waals surface area contributed by atoms with Gasteiger partial charge in [-0.2, -0.15) is 5.10 Å². The van der Waals surface area contributed by atoms with Gasteiger partial charge >= 0.3 is 0 Å². The fourth-order valence-corrected chi connectivity index (χ4v) is 2.36. The van der Waals surface area contributed by atoms with Crippen LogP contribution in [0.1, 0.15) is 21.6 Å². The summed E-state index contributed by atoms with van der Waals surface area (Å²) in [5.74, 6) is -0.495. The topological polar surface area (TPSA) is 84.7 Å². The van der Waals surface area contributed by atoms with Gasteiger partial charge in [0.15, 0.2) is 0 Å². The Hall–Kier alpha value is -2.95. The minimum absolute atomic E-state index is 0.380. The molecule has 0 aliphatic rings. The molecule has 1 amide bonds. The Kier molecular flexibility index (Phi) is 3.47. The summed E-state index contributed by atoms with van der Waals surface area (Å²) in [6, 6.07) is 9.94. The lowest BCUT2D eigenvalue weighted by molar-refractivity contribution is 0.1000. The molecular formula is C17H16N4O. The zero-order valence-corrected chi connectivity index (χ0v) is 12.4. The van der Waals surface area contributed by atoms with E-state index in [-0.39, 0.29) is 0 Å². The second-order valence-electron chi connectivity index (χ2n) is 5.25. The molecule has 0 aliphatic heterocycles. The van der Waals surface area contributed by atoms with Crippen LogP contribution in [0, 0.1) is 13.8 Å². The first-order valence-corrected chi connectivity index (χ1v) is 6.93. The van der Waals surface area contributed by atoms with Crippen molar-refractivity contribution in [2.45, 2.75) is 13.8 Å². The molecule has 5 nitrogen and oxygen atoms in total. The van der Waals surface area contributed by atoms with E-state index in [1.807, 2.05) is 26.0 Å². The number of rotatable bonds is 3. The second-order valence-corrected chi connectivity index (χ2v) is 5.25. The summed E-state index contributed by atoms with van der Waals surface area (Å²) in [6.07, 6.45) is 3.26. The Balaban J connectivity index is 2.14. The van der Waals surface area contributed by atoms with E-state index in [0.29, 0.717) is 5.56 Å². The van der Waals surface area contributed by atoms with Gasteiger partial charge in [-0.25, -0.2) is 0 Å². The van der Waals surface area contributed by atoms with Crippen molar-refractivity contribution in [1.82, 2.24) is 15.2 Å². The van der Waals surface area contributed by atoms with Gasteiger partial charge in [0.05, 0.1) is 17.5 Å². The van der Waals surface area contributed by atoms with Crippen LogP contribution in [-0.4, -0.2) is 21.1 Å². The van der Waals surface area contributed by atoms with Gasteiger partial charge in [0.25, 0.3) is 0 Å². The summed E-state index contributed by atoms with van der Waals surface area (Å²) in [5.41, 5.74) is 11.4. The van der Waals surface area contributed by atoms with E-state index in [2.05, 4.69) is 27.3 Å². The minimum Gasteiger partial charge on any atom is -0.366 e. The number of aryl methyl sites for hydroxylation is 2. The smallest absolute Gasteiger partial charge is 0.250 e. The largest absolute Gasteiger partial charge is 0.366 e. The number of carbonyl (C=O) groups excluding carboxylic acids is 1. The van der Waals surface area contributed by atoms with Crippen LogP contribution in [-0.2, 0) is 0 Å². The second kappa shape index (κ2) is 5.44. The number of H-pyrrole nitrogens is 1. The zero-order valence-electron chi connectivity index (χ0n) is 12.4. The fourth-order valence-electron chi connectivity index (χ4n) is 2.36. The van der Waals surface area contributed by atoms with Gasteiger partial charge in [0, 0.05) is 23.0 Å². The van der Waals surface area contributed by atoms with E-state index in [4.69, 9.17) is 5.73 Å². The van der Waals surface area contributed by atoms with Crippen molar-refractivity contribution in [2.75, 3.05) is 0 Å². The third kappa shape index (κ3) is 2.48. The molecular weight excluding hydrogens is 276 g/mol. The average molecular weight is 292 g/mol. The number of pyridine rings is 1. The number of nitrogens with two attached hydrogens (primary N) is 1. The van der Waals surface area contributed by atoms with Crippen molar-refractivity contribution in [1.29, 1.82) is 0 Å². The van der Waals surface area contributed by atoms with Gasteiger partial charge in [-0.05, 0) is 25.5 Å². The number of benzene rings is 1. The van der Waals surface area contributed by atoms with Crippen LogP contribution in [0.3, 0.4) is 0 Å². The Labute approximate surface area is 128 Å². The van der Waals surface area contributed by atoms with Crippen molar-refractivity contribution >= 4 is 5.91 Å². The molecule has 2 aromatic heterocycles. The number of carbonyl (C=O) groups is 1. The Morgan fingerprint density at radius 2 is 1.82 bits per heavy atom. The van der Waals surface area contributed by atoms with Crippen molar-refractivity contribution in [3.05, 3.63) is 59.5 Å². The number of nitrogens with one attached hydrogen (secondary N) is 1. The Bertz CT molecular complexity index is 834. The van der Waals surface area contributed by atoms with E-state index in [1.165, 1.54) is 11.8 Å². The van der Waals surface area contributed by atoms with Gasteiger partial charge in [-0.3, -0.25) is 14.9 Å². The molecule has 3 rings (SSSR count). The number of nitrogens with zero attached hydrogens (tertiary/aromatic N) is 2. The summed E-state index contributed by atoms with van der Waals surface area (Å²) in [5, 5.41) is 7.14. The molecule has 0 bridgehead atoms. The number of amides is 1. The number of aromatic nitrogens is 3. The normalized spacial score (nSPS) is 10.6. The lowest BCUT2D eigenvalue weighted by atomic mass is 9.99. The summed E-state index contributed by atoms with van der Waals surface area (Å²) >= 11 is 0. The minimum atomic E-state index is -0.495. The lowest BCUT2D eigenvalue weighted by Gasteiger charge is -2.08. The maximum absolute atomic E-state index is 11.4. The third-order valence-electron chi connectivity index (χ3n) is 3.64. The van der Waals surface area contributed by atoms with Gasteiger partial charge in [-0.1, -0.05) is 29.8 Å². The molecule has 0 atom stereocenters. The molecule has 0 saturated heterocycles. The number of hydrogen-bond acceptors (Lipinski definition) is 3. The van der Waals surface area contributed by atoms with E-state index in [1.54, 1.807) is 12.3 Å². The van der Waals surface area contributed by atoms with E-state index in [9.17, 15) is 4.79 Å². The predicted molar refractivity (Wildman–Crippen MR) is 85.2 cm³/mol. The van der Waals surface area contributed by atoms with Crippen molar-refractivity contribution in [3.8, 4) is 22.4 Å². The predicted octanol–water partition coefficient (Wildman–Crippen LogP) is 2.85. The third-order valence-corrected chi connectivity index (χ3v) is 3.64. The summed E-state index contributed by atoms with van der Waals surface area (Å²) in [4.78, 5) is 15.6. The molecule has 110 valence electrons. The molecule has 1 aromatic carbocycles. The van der Waals surface area contributed by atoms with Crippen molar-refractivity contribution < 1.29 is 4.79 Å². The highest BCUT2D eigenvalue weighted by atomic mass is 16.1. The average Bonchev–Trinajstić information content (AvgIpc) is 2.97. The van der Waals surface area contributed by atoms with Gasteiger partial charge in [0.1, 0.15) is 0 Å². The molecule has 5 heteroatoms. The van der Waals surface area contributed by atoms with Crippen molar-refractivity contribution in [3.63, 3.8) is 0 Å². The molecule has 0 spiro atoms. The number of hydrogen-bond donors (Lipinski definition) is 2. The van der Waals surface area contributed by atoms with Crippen LogP contribution < -0.4 is 5.73 Å². The molecule has 3 N–H and O–H groups in total. The first-order valence-electron chi connectivity index (χ1n) is 6.93. The van der Waals surface area contributed by atoms with Crippen LogP contribution in [0.15, 0.2) is 42.7 Å². The molecule has 0 unspecified atom stereocenters. The van der Waals surface area contributed by atoms with Gasteiger partial charge in [0.2, 0.25) is 5.91 Å². The monoisotopic (exact) mass is 292 g/mol. The van der Waals surface area contributed by atoms with Crippen LogP contribution in [0.5, 0.6) is 0 Å². The molecule has 0 saturated carbocycles. The van der Waals surface area contributed by atoms with Gasteiger partial charge < -0.3 is 5.73 Å². The lowest BCUT2D eigenvalue weighted by Crippen LogP contribution is -2.11. The van der Waals surface area contributed by atoms with E-state index >= 15 is 0 Å². The van der Waals surface area contributed by atoms with Crippen molar-refractivity contribution in [2.24, 2.45) is 5.73 Å². The SMILES string of the molecule is Cc1ccc(-c2cn[nH]c2-c2cc(C(N)=O)cnc2C)cc1. The van der Waals surface area contributed by atoms with Crippen LogP contribution in [0.2, 0.25) is 0 Å². The zero-order chi connectivity index (χ0) is 15.7. The highest BCUT2D eigenvalue weighted by Crippen LogP contribution is 2.31. The van der Waals surface area contributed by atoms with E-state index in [0.717, 1.165) is 28.1 Å². The quantitative estimate of drug-likeness (QED) is 0.778. The maximum atomic E-state index is 11.4. The molecule has 0 aliphatic carbocycles. The van der Waals surface area contributed by atoms with Crippen LogP contribution >= 0.6 is 0 Å². The van der Waals surface area contributed by atoms with E-state index < -0.39 is 5.91 Å². The van der Waals surface area contributed by atoms with Crippen LogP contribution in [0.25, 0.3) is 22.4 Å².